The first-order valence-electron chi connectivity index (χ1n) is 13.8. The van der Waals surface area contributed by atoms with Crippen LogP contribution >= 0.6 is 0 Å². The Morgan fingerprint density at radius 3 is 2.14 bits per heavy atom. The standard InChI is InChI=1S/C31H38N4O2/c1-22-8-12-24(13-9-22)20-35-21-28(29(33-35)25-14-10-23(2)11-15-25)31(37)34-18-16-27(17-19-34)32-30(36)26-6-4-3-5-7-26/h8-15,21,26-27H,3-7,16-20H2,1-2H3,(H,32,36). The smallest absolute Gasteiger partial charge is 0.257 e. The molecule has 1 aliphatic heterocycles. The fourth-order valence-corrected chi connectivity index (χ4v) is 5.55. The molecule has 1 aromatic heterocycles. The van der Waals surface area contributed by atoms with Crippen molar-refractivity contribution >= 4 is 11.8 Å². The Morgan fingerprint density at radius 1 is 0.865 bits per heavy atom. The second-order valence-corrected chi connectivity index (χ2v) is 10.9. The number of aryl methyl sites for hydroxylation is 2. The second kappa shape index (κ2) is 11.3. The van der Waals surface area contributed by atoms with Gasteiger partial charge in [0.15, 0.2) is 0 Å². The summed E-state index contributed by atoms with van der Waals surface area (Å²) in [5.41, 5.74) is 5.86. The molecule has 2 aliphatic rings. The average Bonchev–Trinajstić information content (AvgIpc) is 3.34. The summed E-state index contributed by atoms with van der Waals surface area (Å²) < 4.78 is 1.88. The highest BCUT2D eigenvalue weighted by molar-refractivity contribution is 6.00. The number of rotatable bonds is 6. The molecule has 6 nitrogen and oxygen atoms in total. The van der Waals surface area contributed by atoms with Gasteiger partial charge in [0.1, 0.15) is 5.69 Å². The zero-order valence-electron chi connectivity index (χ0n) is 22.1. The van der Waals surface area contributed by atoms with E-state index in [-0.39, 0.29) is 23.8 Å². The van der Waals surface area contributed by atoms with Gasteiger partial charge < -0.3 is 10.2 Å². The van der Waals surface area contributed by atoms with Gasteiger partial charge in [-0.1, -0.05) is 78.9 Å². The molecular formula is C31H38N4O2. The van der Waals surface area contributed by atoms with Gasteiger partial charge >= 0.3 is 0 Å². The SMILES string of the molecule is Cc1ccc(Cn2cc(C(=O)N3CCC(NC(=O)C4CCCCC4)CC3)c(-c3ccc(C)cc3)n2)cc1. The first-order valence-corrected chi connectivity index (χ1v) is 13.8. The number of carbonyl (C=O) groups is 2. The van der Waals surface area contributed by atoms with Crippen molar-refractivity contribution < 1.29 is 9.59 Å². The molecule has 1 N–H and O–H groups in total. The summed E-state index contributed by atoms with van der Waals surface area (Å²) in [5.74, 6) is 0.399. The largest absolute Gasteiger partial charge is 0.353 e. The van der Waals surface area contributed by atoms with E-state index in [2.05, 4.69) is 55.6 Å². The van der Waals surface area contributed by atoms with Gasteiger partial charge in [0.2, 0.25) is 5.91 Å². The van der Waals surface area contributed by atoms with Crippen LogP contribution in [0.3, 0.4) is 0 Å². The van der Waals surface area contributed by atoms with Crippen LogP contribution < -0.4 is 5.32 Å². The van der Waals surface area contributed by atoms with E-state index >= 15 is 0 Å². The van der Waals surface area contributed by atoms with Crippen molar-refractivity contribution in [2.75, 3.05) is 13.1 Å². The highest BCUT2D eigenvalue weighted by Crippen LogP contribution is 2.27. The third-order valence-corrected chi connectivity index (χ3v) is 7.89. The highest BCUT2D eigenvalue weighted by Gasteiger charge is 2.29. The zero-order valence-corrected chi connectivity index (χ0v) is 22.1. The van der Waals surface area contributed by atoms with Gasteiger partial charge in [-0.15, -0.1) is 0 Å². The number of hydrogen-bond donors (Lipinski definition) is 1. The van der Waals surface area contributed by atoms with Crippen LogP contribution in [0.1, 0.15) is 72.0 Å². The molecule has 0 spiro atoms. The van der Waals surface area contributed by atoms with Crippen LogP contribution in [-0.4, -0.2) is 45.6 Å². The third-order valence-electron chi connectivity index (χ3n) is 7.89. The molecule has 2 aromatic carbocycles. The average molecular weight is 499 g/mol. The quantitative estimate of drug-likeness (QED) is 0.487. The molecule has 1 aliphatic carbocycles. The molecule has 1 saturated heterocycles. The number of piperidine rings is 1. The van der Waals surface area contributed by atoms with Crippen LogP contribution in [0.4, 0.5) is 0 Å². The van der Waals surface area contributed by atoms with E-state index in [1.165, 1.54) is 17.5 Å². The van der Waals surface area contributed by atoms with Crippen LogP contribution in [0.2, 0.25) is 0 Å². The van der Waals surface area contributed by atoms with Crippen LogP contribution in [0.5, 0.6) is 0 Å². The number of carbonyl (C=O) groups excluding carboxylic acids is 2. The van der Waals surface area contributed by atoms with E-state index in [0.717, 1.165) is 55.3 Å². The fourth-order valence-electron chi connectivity index (χ4n) is 5.55. The van der Waals surface area contributed by atoms with E-state index < -0.39 is 0 Å². The Bertz CT molecular complexity index is 1220. The zero-order chi connectivity index (χ0) is 25.8. The molecule has 194 valence electrons. The third kappa shape index (κ3) is 6.12. The van der Waals surface area contributed by atoms with E-state index in [9.17, 15) is 9.59 Å². The van der Waals surface area contributed by atoms with E-state index in [1.54, 1.807) is 0 Å². The molecule has 0 unspecified atom stereocenters. The molecule has 2 heterocycles. The van der Waals surface area contributed by atoms with Crippen molar-refractivity contribution in [2.24, 2.45) is 5.92 Å². The van der Waals surface area contributed by atoms with Gasteiger partial charge in [-0.3, -0.25) is 14.3 Å². The lowest BCUT2D eigenvalue weighted by atomic mass is 9.88. The predicted molar refractivity (Wildman–Crippen MR) is 146 cm³/mol. The molecule has 0 bridgehead atoms. The van der Waals surface area contributed by atoms with Crippen molar-refractivity contribution in [1.29, 1.82) is 0 Å². The van der Waals surface area contributed by atoms with Gasteiger partial charge in [0.25, 0.3) is 5.91 Å². The molecule has 1 saturated carbocycles. The van der Waals surface area contributed by atoms with Gasteiger partial charge in [-0.2, -0.15) is 5.10 Å². The van der Waals surface area contributed by atoms with E-state index in [1.807, 2.05) is 27.9 Å². The summed E-state index contributed by atoms with van der Waals surface area (Å²) in [6.45, 7) is 6.04. The van der Waals surface area contributed by atoms with E-state index in [4.69, 9.17) is 5.10 Å². The summed E-state index contributed by atoms with van der Waals surface area (Å²) in [6, 6.07) is 16.8. The monoisotopic (exact) mass is 498 g/mol. The number of nitrogens with one attached hydrogen (secondary N) is 1. The lowest BCUT2D eigenvalue weighted by molar-refractivity contribution is -0.126. The molecule has 5 rings (SSSR count). The normalized spacial score (nSPS) is 17.1. The molecule has 0 radical (unpaired) electrons. The van der Waals surface area contributed by atoms with E-state index in [0.29, 0.717) is 25.2 Å². The second-order valence-electron chi connectivity index (χ2n) is 10.9. The fraction of sp³-hybridized carbons (Fsp3) is 0.452. The molecule has 0 atom stereocenters. The number of nitrogens with zero attached hydrogens (tertiary/aromatic N) is 3. The van der Waals surface area contributed by atoms with Gasteiger partial charge in [0.05, 0.1) is 12.1 Å². The topological polar surface area (TPSA) is 67.2 Å². The first-order chi connectivity index (χ1) is 18.0. The van der Waals surface area contributed by atoms with Crippen LogP contribution in [0.15, 0.2) is 54.7 Å². The maximum absolute atomic E-state index is 13.7. The summed E-state index contributed by atoms with van der Waals surface area (Å²) in [5, 5.41) is 8.13. The predicted octanol–water partition coefficient (Wildman–Crippen LogP) is 5.52. The summed E-state index contributed by atoms with van der Waals surface area (Å²) >= 11 is 0. The Hall–Kier alpha value is -3.41. The van der Waals surface area contributed by atoms with Gasteiger partial charge in [0, 0.05) is 36.8 Å². The Kier molecular flexibility index (Phi) is 7.73. The van der Waals surface area contributed by atoms with Crippen LogP contribution in [-0.2, 0) is 11.3 Å². The van der Waals surface area contributed by atoms with Gasteiger partial charge in [-0.05, 0) is 45.1 Å². The number of benzene rings is 2. The molecular weight excluding hydrogens is 460 g/mol. The van der Waals surface area contributed by atoms with Gasteiger partial charge in [-0.25, -0.2) is 0 Å². The molecule has 2 amide bonds. The Morgan fingerprint density at radius 2 is 1.49 bits per heavy atom. The minimum absolute atomic E-state index is 0.0165. The van der Waals surface area contributed by atoms with Crippen molar-refractivity contribution in [1.82, 2.24) is 20.0 Å². The molecule has 2 fully saturated rings. The Labute approximate surface area is 220 Å². The van der Waals surface area contributed by atoms with Crippen LogP contribution in [0, 0.1) is 19.8 Å². The Balaban J connectivity index is 1.29. The molecule has 3 aromatic rings. The number of hydrogen-bond acceptors (Lipinski definition) is 3. The highest BCUT2D eigenvalue weighted by atomic mass is 16.2. The van der Waals surface area contributed by atoms with Crippen molar-refractivity contribution in [2.45, 2.75) is 71.4 Å². The number of likely N-dealkylation sites (tertiary alicyclic amines) is 1. The lowest BCUT2D eigenvalue weighted by Gasteiger charge is -2.33. The number of amides is 2. The molecule has 6 heteroatoms. The maximum Gasteiger partial charge on any atom is 0.257 e. The maximum atomic E-state index is 13.7. The van der Waals surface area contributed by atoms with Crippen molar-refractivity contribution in [3.63, 3.8) is 0 Å². The minimum atomic E-state index is 0.0165. The first kappa shape index (κ1) is 25.2. The lowest BCUT2D eigenvalue weighted by Crippen LogP contribution is -2.48. The number of aromatic nitrogens is 2. The summed E-state index contributed by atoms with van der Waals surface area (Å²) in [7, 11) is 0. The minimum Gasteiger partial charge on any atom is -0.353 e. The van der Waals surface area contributed by atoms with Crippen molar-refractivity contribution in [3.8, 4) is 11.3 Å². The summed E-state index contributed by atoms with van der Waals surface area (Å²) in [6.07, 6.45) is 9.07. The summed E-state index contributed by atoms with van der Waals surface area (Å²) in [4.78, 5) is 28.4. The molecule has 37 heavy (non-hydrogen) atoms. The van der Waals surface area contributed by atoms with Crippen molar-refractivity contribution in [3.05, 3.63) is 77.0 Å². The van der Waals surface area contributed by atoms with Crippen LogP contribution in [0.25, 0.3) is 11.3 Å².